The number of amides is 2. The van der Waals surface area contributed by atoms with Gasteiger partial charge in [0.1, 0.15) is 0 Å². The summed E-state index contributed by atoms with van der Waals surface area (Å²) in [5.41, 5.74) is 8.29. The van der Waals surface area contributed by atoms with Crippen LogP contribution >= 0.6 is 0 Å². The van der Waals surface area contributed by atoms with Crippen molar-refractivity contribution in [2.24, 2.45) is 10.9 Å². The summed E-state index contributed by atoms with van der Waals surface area (Å²) in [5, 5.41) is 6.89. The van der Waals surface area contributed by atoms with Gasteiger partial charge in [0, 0.05) is 18.2 Å². The lowest BCUT2D eigenvalue weighted by molar-refractivity contribution is -0.117. The van der Waals surface area contributed by atoms with Crippen LogP contribution in [-0.4, -0.2) is 17.5 Å². The van der Waals surface area contributed by atoms with Gasteiger partial charge < -0.3 is 15.9 Å². The topological polar surface area (TPSA) is 93.8 Å². The number of oxime groups is 1. The SMILES string of the molecule is NC(=O)C/C(=N\Oc1ccc2c(c1)NC(=O)CC2)c1ccccc1. The van der Waals surface area contributed by atoms with Gasteiger partial charge in [-0.3, -0.25) is 9.59 Å². The lowest BCUT2D eigenvalue weighted by Gasteiger charge is -2.16. The average Bonchev–Trinajstić information content (AvgIpc) is 2.58. The molecule has 0 fully saturated rings. The number of hydrogen-bond donors (Lipinski definition) is 2. The first-order valence-corrected chi connectivity index (χ1v) is 7.62. The third-order valence-electron chi connectivity index (χ3n) is 3.69. The lowest BCUT2D eigenvalue weighted by Crippen LogP contribution is -2.19. The molecule has 1 aliphatic heterocycles. The fourth-order valence-corrected chi connectivity index (χ4v) is 2.50. The largest absolute Gasteiger partial charge is 0.369 e. The molecule has 0 saturated carbocycles. The van der Waals surface area contributed by atoms with E-state index in [9.17, 15) is 9.59 Å². The quantitative estimate of drug-likeness (QED) is 0.652. The molecule has 6 heteroatoms. The maximum atomic E-state index is 11.5. The van der Waals surface area contributed by atoms with Crippen LogP contribution in [0.25, 0.3) is 0 Å². The monoisotopic (exact) mass is 323 g/mol. The highest BCUT2D eigenvalue weighted by Gasteiger charge is 2.15. The van der Waals surface area contributed by atoms with Crippen LogP contribution in [0, 0.1) is 0 Å². The highest BCUT2D eigenvalue weighted by atomic mass is 16.6. The number of benzene rings is 2. The normalized spacial score (nSPS) is 13.8. The number of fused-ring (bicyclic) bond motifs is 1. The number of rotatable bonds is 5. The van der Waals surface area contributed by atoms with Crippen LogP contribution in [0.5, 0.6) is 5.75 Å². The number of carbonyl (C=O) groups is 2. The molecule has 2 amide bonds. The van der Waals surface area contributed by atoms with Gasteiger partial charge in [-0.2, -0.15) is 0 Å². The Kier molecular flexibility index (Phi) is 4.56. The number of anilines is 1. The Balaban J connectivity index is 1.83. The molecule has 0 atom stereocenters. The second-order valence-corrected chi connectivity index (χ2v) is 5.51. The molecule has 3 rings (SSSR count). The van der Waals surface area contributed by atoms with Crippen molar-refractivity contribution in [3.63, 3.8) is 0 Å². The number of nitrogens with one attached hydrogen (secondary N) is 1. The van der Waals surface area contributed by atoms with Crippen molar-refractivity contribution < 1.29 is 14.4 Å². The van der Waals surface area contributed by atoms with Gasteiger partial charge in [-0.25, -0.2) is 0 Å². The molecule has 2 aromatic rings. The molecule has 1 aliphatic rings. The first kappa shape index (κ1) is 15.7. The Bertz CT molecular complexity index is 800. The molecule has 0 unspecified atom stereocenters. The molecule has 0 saturated heterocycles. The summed E-state index contributed by atoms with van der Waals surface area (Å²) in [6, 6.07) is 14.6. The number of nitrogens with zero attached hydrogens (tertiary/aromatic N) is 1. The van der Waals surface area contributed by atoms with Gasteiger partial charge in [-0.1, -0.05) is 41.6 Å². The van der Waals surface area contributed by atoms with Crippen LogP contribution in [0.4, 0.5) is 5.69 Å². The summed E-state index contributed by atoms with van der Waals surface area (Å²) in [7, 11) is 0. The third kappa shape index (κ3) is 3.78. The first-order valence-electron chi connectivity index (χ1n) is 7.62. The van der Waals surface area contributed by atoms with Gasteiger partial charge in [-0.15, -0.1) is 0 Å². The van der Waals surface area contributed by atoms with Crippen LogP contribution in [0.15, 0.2) is 53.7 Å². The molecule has 0 radical (unpaired) electrons. The lowest BCUT2D eigenvalue weighted by atomic mass is 10.0. The Morgan fingerprint density at radius 1 is 1.17 bits per heavy atom. The smallest absolute Gasteiger partial charge is 0.224 e. The van der Waals surface area contributed by atoms with Crippen molar-refractivity contribution in [1.29, 1.82) is 0 Å². The van der Waals surface area contributed by atoms with E-state index in [0.29, 0.717) is 24.3 Å². The van der Waals surface area contributed by atoms with E-state index in [0.717, 1.165) is 16.8 Å². The van der Waals surface area contributed by atoms with Gasteiger partial charge in [0.15, 0.2) is 5.75 Å². The minimum Gasteiger partial charge on any atom is -0.369 e. The Labute approximate surface area is 139 Å². The van der Waals surface area contributed by atoms with E-state index < -0.39 is 5.91 Å². The molecule has 6 nitrogen and oxygen atoms in total. The summed E-state index contributed by atoms with van der Waals surface area (Å²) in [6.45, 7) is 0. The maximum Gasteiger partial charge on any atom is 0.224 e. The molecule has 0 aromatic heterocycles. The van der Waals surface area contributed by atoms with Crippen LogP contribution in [0.2, 0.25) is 0 Å². The summed E-state index contributed by atoms with van der Waals surface area (Å²) < 4.78 is 0. The average molecular weight is 323 g/mol. The highest BCUT2D eigenvalue weighted by Crippen LogP contribution is 2.27. The standard InChI is InChI=1S/C18H17N3O3/c19-17(22)11-16(12-4-2-1-3-5-12)21-24-14-8-6-13-7-9-18(23)20-15(13)10-14/h1-6,8,10H,7,9,11H2,(H2,19,22)(H,20,23)/b21-16+. The molecule has 24 heavy (non-hydrogen) atoms. The number of carbonyl (C=O) groups excluding carboxylic acids is 2. The van der Waals surface area contributed by atoms with Gasteiger partial charge >= 0.3 is 0 Å². The fourth-order valence-electron chi connectivity index (χ4n) is 2.50. The maximum absolute atomic E-state index is 11.5. The van der Waals surface area contributed by atoms with E-state index in [2.05, 4.69) is 10.5 Å². The molecule has 0 aliphatic carbocycles. The van der Waals surface area contributed by atoms with E-state index in [1.807, 2.05) is 36.4 Å². The van der Waals surface area contributed by atoms with E-state index in [1.54, 1.807) is 12.1 Å². The zero-order chi connectivity index (χ0) is 16.9. The number of nitrogens with two attached hydrogens (primary N) is 1. The third-order valence-corrected chi connectivity index (χ3v) is 3.69. The zero-order valence-corrected chi connectivity index (χ0v) is 13.0. The van der Waals surface area contributed by atoms with Crippen molar-refractivity contribution >= 4 is 23.2 Å². The first-order chi connectivity index (χ1) is 11.6. The molecule has 0 spiro atoms. The van der Waals surface area contributed by atoms with Crippen LogP contribution in [0.3, 0.4) is 0 Å². The molecule has 2 aromatic carbocycles. The van der Waals surface area contributed by atoms with Crippen molar-refractivity contribution in [2.75, 3.05) is 5.32 Å². The summed E-state index contributed by atoms with van der Waals surface area (Å²) in [5.74, 6) is -0.0189. The van der Waals surface area contributed by atoms with Crippen LogP contribution in [-0.2, 0) is 16.0 Å². The predicted octanol–water partition coefficient (Wildman–Crippen LogP) is 2.23. The molecule has 122 valence electrons. The molecule has 1 heterocycles. The van der Waals surface area contributed by atoms with E-state index >= 15 is 0 Å². The van der Waals surface area contributed by atoms with Gasteiger partial charge in [0.25, 0.3) is 0 Å². The van der Waals surface area contributed by atoms with Crippen LogP contribution < -0.4 is 15.9 Å². The summed E-state index contributed by atoms with van der Waals surface area (Å²) >= 11 is 0. The van der Waals surface area contributed by atoms with Gasteiger partial charge in [-0.05, 0) is 23.6 Å². The number of primary amides is 1. The fraction of sp³-hybridized carbons (Fsp3) is 0.167. The van der Waals surface area contributed by atoms with E-state index in [1.165, 1.54) is 0 Å². The molecular weight excluding hydrogens is 306 g/mol. The van der Waals surface area contributed by atoms with Crippen molar-refractivity contribution in [3.8, 4) is 5.75 Å². The highest BCUT2D eigenvalue weighted by molar-refractivity contribution is 6.09. The summed E-state index contributed by atoms with van der Waals surface area (Å²) in [6.07, 6.45) is 1.18. The van der Waals surface area contributed by atoms with Crippen molar-refractivity contribution in [1.82, 2.24) is 0 Å². The zero-order valence-electron chi connectivity index (χ0n) is 13.0. The van der Waals surface area contributed by atoms with Crippen LogP contribution in [0.1, 0.15) is 24.0 Å². The molecule has 0 bridgehead atoms. The molecular formula is C18H17N3O3. The van der Waals surface area contributed by atoms with Gasteiger partial charge in [0.2, 0.25) is 11.8 Å². The van der Waals surface area contributed by atoms with Crippen molar-refractivity contribution in [3.05, 3.63) is 59.7 Å². The summed E-state index contributed by atoms with van der Waals surface area (Å²) in [4.78, 5) is 28.2. The van der Waals surface area contributed by atoms with Gasteiger partial charge in [0.05, 0.1) is 12.1 Å². The minimum atomic E-state index is -0.487. The second-order valence-electron chi connectivity index (χ2n) is 5.51. The van der Waals surface area contributed by atoms with E-state index in [4.69, 9.17) is 10.6 Å². The van der Waals surface area contributed by atoms with Crippen molar-refractivity contribution in [2.45, 2.75) is 19.3 Å². The number of aryl methyl sites for hydroxylation is 1. The number of hydrogen-bond acceptors (Lipinski definition) is 4. The minimum absolute atomic E-state index is 0.0122. The Morgan fingerprint density at radius 3 is 2.71 bits per heavy atom. The molecule has 3 N–H and O–H groups in total. The van der Waals surface area contributed by atoms with E-state index in [-0.39, 0.29) is 12.3 Å². The Morgan fingerprint density at radius 2 is 1.96 bits per heavy atom. The Hall–Kier alpha value is -3.15. The predicted molar refractivity (Wildman–Crippen MR) is 90.8 cm³/mol. The second kappa shape index (κ2) is 6.95.